The molecule has 44 heavy (non-hydrogen) atoms. The molecule has 0 saturated heterocycles. The van der Waals surface area contributed by atoms with Crippen LogP contribution in [0.4, 0.5) is 5.69 Å². The van der Waals surface area contributed by atoms with E-state index in [-0.39, 0.29) is 18.2 Å². The molecule has 0 saturated carbocycles. The Balaban J connectivity index is 1.39. The zero-order valence-electron chi connectivity index (χ0n) is 25.1. The summed E-state index contributed by atoms with van der Waals surface area (Å²) in [5, 5.41) is 20.9. The van der Waals surface area contributed by atoms with E-state index in [9.17, 15) is 23.1 Å². The summed E-state index contributed by atoms with van der Waals surface area (Å²) in [5.74, 6) is -0.674. The summed E-state index contributed by atoms with van der Waals surface area (Å²) in [7, 11) is -0.482. The average molecular weight is 619 g/mol. The lowest BCUT2D eigenvalue weighted by atomic mass is 9.99. The maximum absolute atomic E-state index is 13.8. The molecule has 2 aromatic carbocycles. The van der Waals surface area contributed by atoms with Crippen molar-refractivity contribution >= 4 is 38.4 Å². The van der Waals surface area contributed by atoms with Crippen LogP contribution in [0.5, 0.6) is 0 Å². The average Bonchev–Trinajstić information content (AvgIpc) is 3.36. The summed E-state index contributed by atoms with van der Waals surface area (Å²) in [6.07, 6.45) is 5.25. The highest BCUT2D eigenvalue weighted by Crippen LogP contribution is 2.35. The van der Waals surface area contributed by atoms with Gasteiger partial charge in [-0.05, 0) is 47.7 Å². The van der Waals surface area contributed by atoms with Gasteiger partial charge in [-0.3, -0.25) is 18.9 Å². The first kappa shape index (κ1) is 31.2. The standard InChI is InChI=1S/C32H38N6O5S/c1-4-23-20-38-10-11-44(42,43)37(3)28-15-24(14-26(23)30(28)38)32(41)36-27(13-21-8-6-5-7-9-21)29(39)19-35-17-22-12-25(18-34-16-22)31(40)33-2/h5-9,12,14-16,18,20,27,29,35,39H,4,10-11,13,17,19H2,1-3H3,(H,33,40)(H,36,41)/t27-,29+/m0/s1. The van der Waals surface area contributed by atoms with Gasteiger partial charge in [0.25, 0.3) is 11.8 Å². The summed E-state index contributed by atoms with van der Waals surface area (Å²) >= 11 is 0. The molecule has 0 spiro atoms. The fourth-order valence-electron chi connectivity index (χ4n) is 5.58. The molecule has 1 aliphatic rings. The number of aliphatic hydroxyl groups excluding tert-OH is 1. The SMILES string of the molecule is CCc1cn2c3c(cc(C(=O)N[C@@H](Cc4ccccc4)[C@H](O)CNCc4cncc(C(=O)NC)c4)cc13)N(C)S(=O)(=O)CC2. The van der Waals surface area contributed by atoms with Gasteiger partial charge >= 0.3 is 0 Å². The van der Waals surface area contributed by atoms with Gasteiger partial charge in [0.1, 0.15) is 0 Å². The second-order valence-corrected chi connectivity index (χ2v) is 13.1. The van der Waals surface area contributed by atoms with E-state index in [2.05, 4.69) is 20.9 Å². The molecule has 0 aliphatic carbocycles. The molecule has 1 aliphatic heterocycles. The predicted molar refractivity (Wildman–Crippen MR) is 170 cm³/mol. The van der Waals surface area contributed by atoms with E-state index in [1.54, 1.807) is 25.4 Å². The Morgan fingerprint density at radius 3 is 2.55 bits per heavy atom. The van der Waals surface area contributed by atoms with Crippen LogP contribution >= 0.6 is 0 Å². The molecule has 2 amide bonds. The third kappa shape index (κ3) is 6.62. The number of hydrogen-bond acceptors (Lipinski definition) is 7. The molecule has 0 fully saturated rings. The van der Waals surface area contributed by atoms with E-state index in [4.69, 9.17) is 0 Å². The molecular formula is C32H38N6O5S. The van der Waals surface area contributed by atoms with Crippen molar-refractivity contribution in [1.29, 1.82) is 0 Å². The summed E-state index contributed by atoms with van der Waals surface area (Å²) in [6, 6.07) is 14.1. The Hall–Kier alpha value is -4.26. The number of benzene rings is 2. The molecule has 2 atom stereocenters. The maximum atomic E-state index is 13.8. The Morgan fingerprint density at radius 1 is 1.05 bits per heavy atom. The van der Waals surface area contributed by atoms with Gasteiger partial charge in [-0.2, -0.15) is 0 Å². The number of anilines is 1. The van der Waals surface area contributed by atoms with Gasteiger partial charge in [0.2, 0.25) is 10.0 Å². The van der Waals surface area contributed by atoms with Crippen LogP contribution < -0.4 is 20.3 Å². The van der Waals surface area contributed by atoms with Crippen molar-refractivity contribution in [3.05, 3.63) is 94.9 Å². The van der Waals surface area contributed by atoms with Crippen molar-refractivity contribution in [2.45, 2.75) is 45.0 Å². The first-order valence-corrected chi connectivity index (χ1v) is 16.2. The van der Waals surface area contributed by atoms with E-state index < -0.39 is 28.1 Å². The van der Waals surface area contributed by atoms with Crippen LogP contribution in [0.25, 0.3) is 10.9 Å². The second-order valence-electron chi connectivity index (χ2n) is 11.0. The number of nitrogens with one attached hydrogen (secondary N) is 3. The van der Waals surface area contributed by atoms with Crippen molar-refractivity contribution in [3.8, 4) is 0 Å². The Kier molecular flexibility index (Phi) is 9.33. The molecule has 0 unspecified atom stereocenters. The van der Waals surface area contributed by atoms with Gasteiger partial charge < -0.3 is 25.6 Å². The number of sulfonamides is 1. The molecule has 12 heteroatoms. The molecule has 2 aromatic heterocycles. The number of amides is 2. The van der Waals surface area contributed by atoms with E-state index in [1.807, 2.05) is 54.1 Å². The maximum Gasteiger partial charge on any atom is 0.252 e. The number of pyridine rings is 1. The number of aryl methyl sites for hydroxylation is 2. The van der Waals surface area contributed by atoms with Gasteiger partial charge in [-0.25, -0.2) is 8.42 Å². The van der Waals surface area contributed by atoms with Crippen LogP contribution in [0.1, 0.15) is 44.3 Å². The Bertz CT molecular complexity index is 1770. The number of hydrogen-bond donors (Lipinski definition) is 4. The number of carbonyl (C=O) groups is 2. The smallest absolute Gasteiger partial charge is 0.252 e. The second kappa shape index (κ2) is 13.2. The zero-order valence-corrected chi connectivity index (χ0v) is 25.9. The first-order valence-electron chi connectivity index (χ1n) is 14.6. The summed E-state index contributed by atoms with van der Waals surface area (Å²) in [5.41, 5.74) is 4.76. The largest absolute Gasteiger partial charge is 0.390 e. The fourth-order valence-corrected chi connectivity index (χ4v) is 6.72. The Morgan fingerprint density at radius 2 is 1.82 bits per heavy atom. The zero-order chi connectivity index (χ0) is 31.4. The predicted octanol–water partition coefficient (Wildman–Crippen LogP) is 2.23. The van der Waals surface area contributed by atoms with Gasteiger partial charge in [0, 0.05) is 63.3 Å². The molecule has 0 radical (unpaired) electrons. The lowest BCUT2D eigenvalue weighted by Crippen LogP contribution is -2.48. The minimum absolute atomic E-state index is 0.0306. The number of aromatic nitrogens is 2. The minimum Gasteiger partial charge on any atom is -0.390 e. The highest BCUT2D eigenvalue weighted by Gasteiger charge is 2.29. The third-order valence-electron chi connectivity index (χ3n) is 8.07. The van der Waals surface area contributed by atoms with Gasteiger partial charge in [0.15, 0.2) is 0 Å². The molecule has 232 valence electrons. The minimum atomic E-state index is -3.56. The molecule has 5 rings (SSSR count). The third-order valence-corrected chi connectivity index (χ3v) is 9.80. The molecule has 3 heterocycles. The lowest BCUT2D eigenvalue weighted by molar-refractivity contribution is 0.0830. The van der Waals surface area contributed by atoms with Crippen LogP contribution in [0, 0.1) is 0 Å². The number of carbonyl (C=O) groups excluding carboxylic acids is 2. The van der Waals surface area contributed by atoms with Crippen LogP contribution in [0.2, 0.25) is 0 Å². The molecule has 4 aromatic rings. The van der Waals surface area contributed by atoms with Crippen molar-refractivity contribution in [3.63, 3.8) is 0 Å². The topological polar surface area (TPSA) is 146 Å². The number of nitrogens with zero attached hydrogens (tertiary/aromatic N) is 3. The number of rotatable bonds is 11. The molecule has 0 bridgehead atoms. The monoisotopic (exact) mass is 618 g/mol. The fraction of sp³-hybridized carbons (Fsp3) is 0.344. The summed E-state index contributed by atoms with van der Waals surface area (Å²) in [4.78, 5) is 29.9. The summed E-state index contributed by atoms with van der Waals surface area (Å²) in [6.45, 7) is 2.89. The van der Waals surface area contributed by atoms with Crippen LogP contribution in [-0.4, -0.2) is 73.4 Å². The number of aliphatic hydroxyl groups is 1. The van der Waals surface area contributed by atoms with Crippen molar-refractivity contribution in [2.75, 3.05) is 30.7 Å². The van der Waals surface area contributed by atoms with Crippen LogP contribution in [0.3, 0.4) is 0 Å². The normalized spacial score (nSPS) is 15.4. The van der Waals surface area contributed by atoms with E-state index in [1.165, 1.54) is 17.5 Å². The van der Waals surface area contributed by atoms with Crippen molar-refractivity contribution < 1.29 is 23.1 Å². The Labute approximate surface area is 257 Å². The van der Waals surface area contributed by atoms with Gasteiger partial charge in [0.05, 0.1) is 34.7 Å². The van der Waals surface area contributed by atoms with E-state index in [0.29, 0.717) is 36.3 Å². The van der Waals surface area contributed by atoms with Crippen LogP contribution in [0.15, 0.2) is 67.1 Å². The molecule has 11 nitrogen and oxygen atoms in total. The summed E-state index contributed by atoms with van der Waals surface area (Å²) < 4.78 is 29.1. The lowest BCUT2D eigenvalue weighted by Gasteiger charge is -2.25. The van der Waals surface area contributed by atoms with E-state index >= 15 is 0 Å². The molecular weight excluding hydrogens is 580 g/mol. The first-order chi connectivity index (χ1) is 21.1. The van der Waals surface area contributed by atoms with Gasteiger partial charge in [-0.15, -0.1) is 0 Å². The van der Waals surface area contributed by atoms with Crippen LogP contribution in [-0.2, 0) is 36.0 Å². The van der Waals surface area contributed by atoms with Crippen molar-refractivity contribution in [1.82, 2.24) is 25.5 Å². The molecule has 4 N–H and O–H groups in total. The van der Waals surface area contributed by atoms with E-state index in [0.717, 1.165) is 34.0 Å². The quantitative estimate of drug-likeness (QED) is 0.202. The highest BCUT2D eigenvalue weighted by atomic mass is 32.2. The van der Waals surface area contributed by atoms with Gasteiger partial charge in [-0.1, -0.05) is 37.3 Å². The van der Waals surface area contributed by atoms with Crippen molar-refractivity contribution in [2.24, 2.45) is 0 Å². The highest BCUT2D eigenvalue weighted by molar-refractivity contribution is 7.92.